The van der Waals surface area contributed by atoms with Gasteiger partial charge in [0.25, 0.3) is 18.2 Å². The van der Waals surface area contributed by atoms with Gasteiger partial charge in [-0.1, -0.05) is 0 Å². The first kappa shape index (κ1) is 13.5. The molecule has 8 heteroatoms. The molecule has 1 saturated heterocycles. The minimum atomic E-state index is -2.91. The monoisotopic (exact) mass is 273 g/mol. The quantitative estimate of drug-likeness (QED) is 0.720. The summed E-state index contributed by atoms with van der Waals surface area (Å²) in [6, 6.07) is 2.69. The van der Waals surface area contributed by atoms with Gasteiger partial charge in [0.05, 0.1) is 6.54 Å². The summed E-state index contributed by atoms with van der Waals surface area (Å²) in [5.74, 6) is -1.27. The van der Waals surface area contributed by atoms with Crippen molar-refractivity contribution in [2.24, 2.45) is 5.73 Å². The number of aliphatic hydroxyl groups is 1. The molecule has 0 bridgehead atoms. The number of aromatic nitrogens is 1. The van der Waals surface area contributed by atoms with Crippen molar-refractivity contribution in [3.05, 3.63) is 23.5 Å². The highest BCUT2D eigenvalue weighted by molar-refractivity contribution is 5.96. The number of rotatable bonds is 3. The van der Waals surface area contributed by atoms with E-state index in [4.69, 9.17) is 5.73 Å². The number of alkyl halides is 2. The van der Waals surface area contributed by atoms with Crippen molar-refractivity contribution in [3.8, 4) is 0 Å². The number of nitrogens with two attached hydrogens (primary N) is 1. The van der Waals surface area contributed by atoms with Crippen LogP contribution >= 0.6 is 0 Å². The minimum Gasteiger partial charge on any atom is -0.382 e. The number of halogens is 2. The van der Waals surface area contributed by atoms with Crippen LogP contribution in [0.15, 0.2) is 12.1 Å². The summed E-state index contributed by atoms with van der Waals surface area (Å²) in [5.41, 5.74) is 3.01. The second kappa shape index (κ2) is 4.61. The lowest BCUT2D eigenvalue weighted by molar-refractivity contribution is -0.0855. The summed E-state index contributed by atoms with van der Waals surface area (Å²) < 4.78 is 25.2. The summed E-state index contributed by atoms with van der Waals surface area (Å²) in [7, 11) is 0. The average molecular weight is 273 g/mol. The molecule has 1 aliphatic heterocycles. The standard InChI is InChI=1S/C11H13F2N3O3/c12-10(13)11(19)3-4-16(5-11)9(18)7-2-1-6(15-7)8(14)17/h1-2,10,15,19H,3-5H2,(H2,14,17). The first-order valence-corrected chi connectivity index (χ1v) is 5.62. The second-order valence-electron chi connectivity index (χ2n) is 4.53. The number of carbonyl (C=O) groups is 2. The van der Waals surface area contributed by atoms with Crippen LogP contribution in [0.5, 0.6) is 0 Å². The topological polar surface area (TPSA) is 99.4 Å². The maximum Gasteiger partial charge on any atom is 0.270 e. The molecule has 1 unspecified atom stereocenters. The molecule has 2 rings (SSSR count). The Labute approximate surface area is 107 Å². The Bertz CT molecular complexity index is 517. The molecule has 0 spiro atoms. The third kappa shape index (κ3) is 2.43. The molecule has 1 atom stereocenters. The molecule has 0 saturated carbocycles. The molecule has 2 heterocycles. The van der Waals surface area contributed by atoms with Crippen LogP contribution in [0.2, 0.25) is 0 Å². The Morgan fingerprint density at radius 1 is 1.42 bits per heavy atom. The highest BCUT2D eigenvalue weighted by Gasteiger charge is 2.45. The van der Waals surface area contributed by atoms with Gasteiger partial charge in [0.15, 0.2) is 0 Å². The van der Waals surface area contributed by atoms with Crippen molar-refractivity contribution in [1.29, 1.82) is 0 Å². The van der Waals surface area contributed by atoms with Crippen LogP contribution in [-0.4, -0.2) is 51.9 Å². The Kier molecular flexibility index (Phi) is 3.27. The summed E-state index contributed by atoms with van der Waals surface area (Å²) in [6.07, 6.45) is -3.09. The van der Waals surface area contributed by atoms with Gasteiger partial charge in [-0.2, -0.15) is 0 Å². The zero-order valence-corrected chi connectivity index (χ0v) is 9.90. The summed E-state index contributed by atoms with van der Waals surface area (Å²) in [6.45, 7) is -0.404. The van der Waals surface area contributed by atoms with Gasteiger partial charge in [-0.25, -0.2) is 8.78 Å². The van der Waals surface area contributed by atoms with Crippen molar-refractivity contribution >= 4 is 11.8 Å². The molecule has 0 radical (unpaired) electrons. The van der Waals surface area contributed by atoms with E-state index in [0.29, 0.717) is 0 Å². The van der Waals surface area contributed by atoms with Gasteiger partial charge in [-0.3, -0.25) is 9.59 Å². The van der Waals surface area contributed by atoms with Gasteiger partial charge in [0, 0.05) is 13.0 Å². The molecule has 1 aliphatic rings. The maximum absolute atomic E-state index is 12.6. The van der Waals surface area contributed by atoms with Crippen LogP contribution in [0.1, 0.15) is 27.4 Å². The predicted octanol–water partition coefficient (Wildman–Crippen LogP) is -0.0443. The van der Waals surface area contributed by atoms with Crippen LogP contribution in [0, 0.1) is 0 Å². The molecule has 0 aliphatic carbocycles. The van der Waals surface area contributed by atoms with Crippen molar-refractivity contribution in [2.45, 2.75) is 18.4 Å². The molecule has 6 nitrogen and oxygen atoms in total. The molecule has 2 amide bonds. The number of aromatic amines is 1. The summed E-state index contributed by atoms with van der Waals surface area (Å²) >= 11 is 0. The van der Waals surface area contributed by atoms with Gasteiger partial charge in [-0.15, -0.1) is 0 Å². The smallest absolute Gasteiger partial charge is 0.270 e. The third-order valence-electron chi connectivity index (χ3n) is 3.15. The van der Waals surface area contributed by atoms with Crippen LogP contribution in [0.4, 0.5) is 8.78 Å². The van der Waals surface area contributed by atoms with E-state index in [1.165, 1.54) is 12.1 Å². The van der Waals surface area contributed by atoms with Crippen LogP contribution in [0.25, 0.3) is 0 Å². The lowest BCUT2D eigenvalue weighted by Crippen LogP contribution is -2.41. The number of hydrogen-bond donors (Lipinski definition) is 3. The van der Waals surface area contributed by atoms with E-state index in [9.17, 15) is 23.5 Å². The first-order chi connectivity index (χ1) is 8.83. The molecule has 1 aromatic heterocycles. The molecule has 4 N–H and O–H groups in total. The predicted molar refractivity (Wildman–Crippen MR) is 60.8 cm³/mol. The van der Waals surface area contributed by atoms with Crippen molar-refractivity contribution in [2.75, 3.05) is 13.1 Å². The number of β-amino-alcohol motifs (C(OH)–C–C–N with tert-alkyl or cyclic N) is 1. The number of amides is 2. The lowest BCUT2D eigenvalue weighted by Gasteiger charge is -2.22. The normalized spacial score (nSPS) is 23.1. The number of hydrogen-bond acceptors (Lipinski definition) is 3. The number of H-pyrrole nitrogens is 1. The Balaban J connectivity index is 2.11. The summed E-state index contributed by atoms with van der Waals surface area (Å²) in [5, 5.41) is 9.60. The number of likely N-dealkylation sites (tertiary alicyclic amines) is 1. The van der Waals surface area contributed by atoms with Crippen molar-refractivity contribution in [3.63, 3.8) is 0 Å². The highest BCUT2D eigenvalue weighted by Crippen LogP contribution is 2.28. The van der Waals surface area contributed by atoms with E-state index in [1.807, 2.05) is 0 Å². The number of carbonyl (C=O) groups excluding carboxylic acids is 2. The second-order valence-corrected chi connectivity index (χ2v) is 4.53. The highest BCUT2D eigenvalue weighted by atomic mass is 19.3. The summed E-state index contributed by atoms with van der Waals surface area (Å²) in [4.78, 5) is 26.5. The van der Waals surface area contributed by atoms with Gasteiger partial charge in [0.1, 0.15) is 17.0 Å². The van der Waals surface area contributed by atoms with E-state index in [2.05, 4.69) is 4.98 Å². The molecule has 19 heavy (non-hydrogen) atoms. The number of nitrogens with one attached hydrogen (secondary N) is 1. The van der Waals surface area contributed by atoms with E-state index in [1.54, 1.807) is 0 Å². The Morgan fingerprint density at radius 3 is 2.53 bits per heavy atom. The van der Waals surface area contributed by atoms with E-state index in [-0.39, 0.29) is 24.4 Å². The molecular weight excluding hydrogens is 260 g/mol. The molecule has 1 fully saturated rings. The SMILES string of the molecule is NC(=O)c1ccc(C(=O)N2CCC(O)(C(F)F)C2)[nH]1. The molecule has 1 aromatic rings. The fourth-order valence-electron chi connectivity index (χ4n) is 2.00. The van der Waals surface area contributed by atoms with Crippen molar-refractivity contribution in [1.82, 2.24) is 9.88 Å². The molecular formula is C11H13F2N3O3. The fourth-order valence-corrected chi connectivity index (χ4v) is 2.00. The van der Waals surface area contributed by atoms with Crippen LogP contribution in [-0.2, 0) is 0 Å². The minimum absolute atomic E-state index is 0.0323. The third-order valence-corrected chi connectivity index (χ3v) is 3.15. The van der Waals surface area contributed by atoms with E-state index < -0.39 is 30.4 Å². The van der Waals surface area contributed by atoms with E-state index in [0.717, 1.165) is 4.90 Å². The van der Waals surface area contributed by atoms with Gasteiger partial charge < -0.3 is 20.7 Å². The van der Waals surface area contributed by atoms with Crippen LogP contribution in [0.3, 0.4) is 0 Å². The van der Waals surface area contributed by atoms with Crippen LogP contribution < -0.4 is 5.73 Å². The maximum atomic E-state index is 12.6. The van der Waals surface area contributed by atoms with Gasteiger partial charge in [-0.05, 0) is 12.1 Å². The zero-order valence-electron chi connectivity index (χ0n) is 9.90. The Hall–Kier alpha value is -1.96. The van der Waals surface area contributed by atoms with Crippen molar-refractivity contribution < 1.29 is 23.5 Å². The van der Waals surface area contributed by atoms with Gasteiger partial charge >= 0.3 is 0 Å². The van der Waals surface area contributed by atoms with E-state index >= 15 is 0 Å². The number of nitrogens with zero attached hydrogens (tertiary/aromatic N) is 1. The van der Waals surface area contributed by atoms with Gasteiger partial charge in [0.2, 0.25) is 0 Å². The number of primary amides is 1. The fraction of sp³-hybridized carbons (Fsp3) is 0.455. The lowest BCUT2D eigenvalue weighted by atomic mass is 10.1. The first-order valence-electron chi connectivity index (χ1n) is 5.62. The molecule has 104 valence electrons. The largest absolute Gasteiger partial charge is 0.382 e. The average Bonchev–Trinajstić information content (AvgIpc) is 2.95. The Morgan fingerprint density at radius 2 is 2.05 bits per heavy atom. The molecule has 0 aromatic carbocycles. The zero-order chi connectivity index (χ0) is 14.2.